The molecule has 1 amide bonds. The largest absolute Gasteiger partial charge is 0.416 e. The summed E-state index contributed by atoms with van der Waals surface area (Å²) in [6.45, 7) is 13.7. The number of halogens is 5. The third-order valence-corrected chi connectivity index (χ3v) is 6.45. The number of aryl methyl sites for hydroxylation is 1. The van der Waals surface area contributed by atoms with Gasteiger partial charge >= 0.3 is 6.18 Å². The van der Waals surface area contributed by atoms with Crippen molar-refractivity contribution in [2.75, 3.05) is 13.7 Å². The first-order valence-electron chi connectivity index (χ1n) is 15.8. The number of amides is 1. The van der Waals surface area contributed by atoms with Crippen LogP contribution in [0.25, 0.3) is 11.4 Å². The standard InChI is InChI=1S/C23H27FN6O2.C7H5F3.C3H4.C2H5F.C2H6/c1-13(24)6-17-7-22(31)29(5)21(9-20(17)14(2)15(3)25)18-8-23(32)30(28-10-18)19-11-26-16(4)27-12-19;8-7(9,10)6-4-2-1-3-5-6;1-3-2;1-2-3;1-2/h6,8-13,15H,7,25H2,1-5H3;1-5H;1H,2H3;2H2,1H3;1-2H3/b17-6-,20-14+;;;;/t13?,15-;;;;/m1..../s1. The second-order valence-electron chi connectivity index (χ2n) is 10.3. The predicted octanol–water partition coefficient (Wildman–Crippen LogP) is 7.83. The molecule has 0 spiro atoms. The van der Waals surface area contributed by atoms with Crippen LogP contribution in [0.3, 0.4) is 0 Å². The van der Waals surface area contributed by atoms with Gasteiger partial charge in [0.1, 0.15) is 17.7 Å². The molecule has 50 heavy (non-hydrogen) atoms. The second kappa shape index (κ2) is 22.6. The zero-order chi connectivity index (χ0) is 38.6. The van der Waals surface area contributed by atoms with E-state index >= 15 is 0 Å². The quantitative estimate of drug-likeness (QED) is 0.220. The zero-order valence-electron chi connectivity index (χ0n) is 30.0. The van der Waals surface area contributed by atoms with Gasteiger partial charge in [0.2, 0.25) is 5.91 Å². The van der Waals surface area contributed by atoms with E-state index in [4.69, 9.17) is 5.73 Å². The molecule has 3 aromatic rings. The molecule has 0 aliphatic carbocycles. The topological polar surface area (TPSA) is 107 Å². The maximum atomic E-state index is 13.8. The van der Waals surface area contributed by atoms with E-state index in [1.807, 2.05) is 27.7 Å². The SMILES string of the molecule is C#CC.C/C(=C1/C=C(c2cnn(-c3cnc(C)nc3)c(=O)c2)N(C)C(=O)C/C1=C/C(C)F)[C@@H](C)N.CC.CCF.FC(F)(F)c1ccccc1. The Hall–Kier alpha value is -4.96. The zero-order valence-corrected chi connectivity index (χ0v) is 30.0. The van der Waals surface area contributed by atoms with Crippen LogP contribution in [-0.2, 0) is 11.0 Å². The van der Waals surface area contributed by atoms with Crippen LogP contribution in [-0.4, -0.2) is 56.5 Å². The Morgan fingerprint density at radius 1 is 1.10 bits per heavy atom. The van der Waals surface area contributed by atoms with Gasteiger partial charge in [-0.3, -0.25) is 14.0 Å². The van der Waals surface area contributed by atoms with E-state index in [9.17, 15) is 31.5 Å². The van der Waals surface area contributed by atoms with Gasteiger partial charge in [0, 0.05) is 24.7 Å². The Bertz CT molecular complexity index is 1670. The number of rotatable bonds is 4. The lowest BCUT2D eigenvalue weighted by atomic mass is 9.93. The van der Waals surface area contributed by atoms with Crippen molar-refractivity contribution in [1.82, 2.24) is 24.6 Å². The van der Waals surface area contributed by atoms with E-state index in [0.717, 1.165) is 17.7 Å². The molecule has 1 unspecified atom stereocenters. The number of hydrogen-bond acceptors (Lipinski definition) is 6. The molecule has 0 saturated carbocycles. The molecule has 2 aromatic heterocycles. The molecule has 0 saturated heterocycles. The Kier molecular flexibility index (Phi) is 20.4. The molecule has 0 fully saturated rings. The summed E-state index contributed by atoms with van der Waals surface area (Å²) in [4.78, 5) is 35.3. The minimum atomic E-state index is -4.21. The molecule has 2 atom stereocenters. The van der Waals surface area contributed by atoms with Gasteiger partial charge in [-0.2, -0.15) is 23.0 Å². The maximum Gasteiger partial charge on any atom is 0.416 e. The summed E-state index contributed by atoms with van der Waals surface area (Å²) in [6.07, 6.45) is 6.92. The number of benzene rings is 1. The molecule has 4 rings (SSSR count). The van der Waals surface area contributed by atoms with Gasteiger partial charge in [0.05, 0.1) is 42.9 Å². The van der Waals surface area contributed by atoms with Gasteiger partial charge in [-0.25, -0.2) is 14.4 Å². The van der Waals surface area contributed by atoms with Crippen LogP contribution in [0.2, 0.25) is 0 Å². The number of alkyl halides is 5. The first-order valence-corrected chi connectivity index (χ1v) is 15.8. The number of terminal acetylenes is 1. The molecule has 8 nitrogen and oxygen atoms in total. The molecule has 0 radical (unpaired) electrons. The Morgan fingerprint density at radius 2 is 1.62 bits per heavy atom. The molecule has 272 valence electrons. The normalized spacial score (nSPS) is 15.4. The summed E-state index contributed by atoms with van der Waals surface area (Å²) < 4.78 is 60.7. The van der Waals surface area contributed by atoms with Gasteiger partial charge in [-0.05, 0) is 70.4 Å². The Morgan fingerprint density at radius 3 is 2.04 bits per heavy atom. The van der Waals surface area contributed by atoms with Crippen molar-refractivity contribution in [3.05, 3.63) is 111 Å². The van der Waals surface area contributed by atoms with Gasteiger partial charge in [-0.15, -0.1) is 12.3 Å². The number of nitrogens with zero attached hydrogens (tertiary/aromatic N) is 5. The summed E-state index contributed by atoms with van der Waals surface area (Å²) in [5.41, 5.74) is 8.54. The van der Waals surface area contributed by atoms with Crippen LogP contribution >= 0.6 is 0 Å². The number of aromatic nitrogens is 4. The van der Waals surface area contributed by atoms with Crippen molar-refractivity contribution < 1.29 is 26.7 Å². The molecule has 2 N–H and O–H groups in total. The molecule has 1 aromatic carbocycles. The number of allylic oxidation sites excluding steroid dienone is 3. The average molecular weight is 703 g/mol. The van der Waals surface area contributed by atoms with Gasteiger partial charge in [0.15, 0.2) is 0 Å². The van der Waals surface area contributed by atoms with E-state index in [2.05, 4.69) is 27.4 Å². The highest BCUT2D eigenvalue weighted by molar-refractivity contribution is 5.92. The fourth-order valence-electron chi connectivity index (χ4n) is 4.02. The van der Waals surface area contributed by atoms with E-state index in [1.54, 1.807) is 33.0 Å². The minimum Gasteiger partial charge on any atom is -0.324 e. The predicted molar refractivity (Wildman–Crippen MR) is 189 cm³/mol. The van der Waals surface area contributed by atoms with Crippen LogP contribution in [0.4, 0.5) is 22.0 Å². The van der Waals surface area contributed by atoms with Crippen LogP contribution in [0, 0.1) is 19.3 Å². The van der Waals surface area contributed by atoms with Crippen LogP contribution in [0.5, 0.6) is 0 Å². The third-order valence-electron chi connectivity index (χ3n) is 6.45. The van der Waals surface area contributed by atoms with E-state index in [0.29, 0.717) is 33.9 Å². The summed E-state index contributed by atoms with van der Waals surface area (Å²) in [5.74, 6) is 2.60. The Balaban J connectivity index is 0.00000110. The Labute approximate surface area is 291 Å². The molecule has 1 aliphatic heterocycles. The average Bonchev–Trinajstić information content (AvgIpc) is 3.18. The third kappa shape index (κ3) is 14.7. The number of carbonyl (C=O) groups excluding carboxylic acids is 1. The van der Waals surface area contributed by atoms with Crippen molar-refractivity contribution in [2.45, 2.75) is 80.2 Å². The fraction of sp³-hybridized carbons (Fsp3) is 0.378. The summed E-state index contributed by atoms with van der Waals surface area (Å²) in [6, 6.07) is 7.46. The first-order chi connectivity index (χ1) is 23.5. The number of hydrogen-bond donors (Lipinski definition) is 1. The summed E-state index contributed by atoms with van der Waals surface area (Å²) in [5, 5.41) is 4.25. The van der Waals surface area contributed by atoms with Crippen molar-refractivity contribution in [1.29, 1.82) is 0 Å². The van der Waals surface area contributed by atoms with Crippen molar-refractivity contribution >= 4 is 11.6 Å². The van der Waals surface area contributed by atoms with Gasteiger partial charge in [-0.1, -0.05) is 44.2 Å². The number of carbonyl (C=O) groups is 1. The van der Waals surface area contributed by atoms with Crippen molar-refractivity contribution in [3.8, 4) is 18.0 Å². The van der Waals surface area contributed by atoms with Crippen molar-refractivity contribution in [3.63, 3.8) is 0 Å². The summed E-state index contributed by atoms with van der Waals surface area (Å²) in [7, 11) is 1.62. The lowest BCUT2D eigenvalue weighted by Gasteiger charge is -2.19. The smallest absolute Gasteiger partial charge is 0.324 e. The molecular weight excluding hydrogens is 655 g/mol. The molecule has 1 aliphatic rings. The first kappa shape index (κ1) is 45.0. The van der Waals surface area contributed by atoms with Gasteiger partial charge < -0.3 is 10.6 Å². The maximum absolute atomic E-state index is 13.8. The lowest BCUT2D eigenvalue weighted by Crippen LogP contribution is -2.26. The van der Waals surface area contributed by atoms with Crippen molar-refractivity contribution in [2.24, 2.45) is 5.73 Å². The minimum absolute atomic E-state index is 0.0232. The molecular formula is C37H47F5N6O2. The summed E-state index contributed by atoms with van der Waals surface area (Å²) >= 11 is 0. The van der Waals surface area contributed by atoms with E-state index in [-0.39, 0.29) is 25.0 Å². The molecule has 0 bridgehead atoms. The lowest BCUT2D eigenvalue weighted by molar-refractivity contribution is -0.137. The van der Waals surface area contributed by atoms with Crippen LogP contribution < -0.4 is 11.3 Å². The van der Waals surface area contributed by atoms with E-state index in [1.165, 1.54) is 66.3 Å². The van der Waals surface area contributed by atoms with Crippen LogP contribution in [0.1, 0.15) is 71.8 Å². The highest BCUT2D eigenvalue weighted by Crippen LogP contribution is 2.32. The molecule has 13 heteroatoms. The van der Waals surface area contributed by atoms with Crippen LogP contribution in [0.15, 0.2) is 88.7 Å². The fourth-order valence-corrected chi connectivity index (χ4v) is 4.02. The highest BCUT2D eigenvalue weighted by atomic mass is 19.4. The highest BCUT2D eigenvalue weighted by Gasteiger charge is 2.29. The monoisotopic (exact) mass is 702 g/mol. The van der Waals surface area contributed by atoms with E-state index < -0.39 is 23.5 Å². The van der Waals surface area contributed by atoms with Gasteiger partial charge in [0.25, 0.3) is 5.56 Å². The second-order valence-corrected chi connectivity index (χ2v) is 10.3. The number of nitrogens with two attached hydrogens (primary N) is 1. The molecule has 3 heterocycles.